The summed E-state index contributed by atoms with van der Waals surface area (Å²) in [5.41, 5.74) is 1.12. The van der Waals surface area contributed by atoms with Crippen molar-refractivity contribution in [2.75, 3.05) is 20.2 Å². The molecule has 0 aromatic heterocycles. The SMILES string of the molecule is CN=C(NCCCC(=O)NC1CC1)NCc1ccccc1OCC1CC1.I. The number of ether oxygens (including phenoxy) is 1. The summed E-state index contributed by atoms with van der Waals surface area (Å²) in [6.07, 6.45) is 6.18. The lowest BCUT2D eigenvalue weighted by Crippen LogP contribution is -2.37. The van der Waals surface area contributed by atoms with Gasteiger partial charge >= 0.3 is 0 Å². The average molecular weight is 486 g/mol. The third-order valence-corrected chi connectivity index (χ3v) is 4.63. The van der Waals surface area contributed by atoms with Gasteiger partial charge in [-0.3, -0.25) is 9.79 Å². The van der Waals surface area contributed by atoms with Crippen LogP contribution in [0.25, 0.3) is 0 Å². The van der Waals surface area contributed by atoms with Crippen molar-refractivity contribution < 1.29 is 9.53 Å². The van der Waals surface area contributed by atoms with E-state index in [1.165, 1.54) is 12.8 Å². The summed E-state index contributed by atoms with van der Waals surface area (Å²) in [4.78, 5) is 15.9. The molecule has 0 aliphatic heterocycles. The molecule has 3 rings (SSSR count). The van der Waals surface area contributed by atoms with Crippen molar-refractivity contribution in [3.63, 3.8) is 0 Å². The first-order valence-electron chi connectivity index (χ1n) is 9.69. The maximum absolute atomic E-state index is 11.7. The van der Waals surface area contributed by atoms with Crippen LogP contribution in [0.15, 0.2) is 29.3 Å². The lowest BCUT2D eigenvalue weighted by molar-refractivity contribution is -0.121. The average Bonchev–Trinajstić information content (AvgIpc) is 3.55. The number of aliphatic imine (C=N–C) groups is 1. The third-order valence-electron chi connectivity index (χ3n) is 4.63. The Kier molecular flexibility index (Phi) is 9.17. The summed E-state index contributed by atoms with van der Waals surface area (Å²) in [6.45, 7) is 2.19. The molecule has 0 unspecified atom stereocenters. The highest BCUT2D eigenvalue weighted by atomic mass is 127. The van der Waals surface area contributed by atoms with Gasteiger partial charge in [0.05, 0.1) is 6.61 Å². The maximum atomic E-state index is 11.7. The van der Waals surface area contributed by atoms with Gasteiger partial charge in [-0.15, -0.1) is 24.0 Å². The van der Waals surface area contributed by atoms with Gasteiger partial charge in [0, 0.05) is 38.2 Å². The number of rotatable bonds is 10. The fourth-order valence-electron chi connectivity index (χ4n) is 2.67. The minimum Gasteiger partial charge on any atom is -0.493 e. The van der Waals surface area contributed by atoms with E-state index >= 15 is 0 Å². The number of hydrogen-bond acceptors (Lipinski definition) is 3. The van der Waals surface area contributed by atoms with E-state index in [-0.39, 0.29) is 29.9 Å². The fraction of sp³-hybridized carbons (Fsp3) is 0.600. The Bertz CT molecular complexity index is 630. The van der Waals surface area contributed by atoms with Crippen LogP contribution < -0.4 is 20.7 Å². The smallest absolute Gasteiger partial charge is 0.220 e. The van der Waals surface area contributed by atoms with Crippen molar-refractivity contribution in [3.05, 3.63) is 29.8 Å². The van der Waals surface area contributed by atoms with Gasteiger partial charge in [0.1, 0.15) is 5.75 Å². The van der Waals surface area contributed by atoms with Crippen LogP contribution in [-0.2, 0) is 11.3 Å². The van der Waals surface area contributed by atoms with Gasteiger partial charge in [-0.2, -0.15) is 0 Å². The van der Waals surface area contributed by atoms with Gasteiger partial charge in [-0.05, 0) is 44.1 Å². The molecule has 1 aromatic rings. The molecule has 150 valence electrons. The second kappa shape index (κ2) is 11.4. The molecular formula is C20H31IN4O2. The number of benzene rings is 1. The summed E-state index contributed by atoms with van der Waals surface area (Å²) in [6, 6.07) is 8.56. The number of hydrogen-bond donors (Lipinski definition) is 3. The van der Waals surface area contributed by atoms with Gasteiger partial charge in [0.15, 0.2) is 5.96 Å². The molecular weight excluding hydrogens is 455 g/mol. The first-order valence-corrected chi connectivity index (χ1v) is 9.69. The van der Waals surface area contributed by atoms with Crippen molar-refractivity contribution in [2.24, 2.45) is 10.9 Å². The topological polar surface area (TPSA) is 74.8 Å². The number of carbonyl (C=O) groups is 1. The lowest BCUT2D eigenvalue weighted by atomic mass is 10.2. The predicted octanol–water partition coefficient (Wildman–Crippen LogP) is 2.82. The Morgan fingerprint density at radius 2 is 1.96 bits per heavy atom. The second-order valence-electron chi connectivity index (χ2n) is 7.16. The lowest BCUT2D eigenvalue weighted by Gasteiger charge is -2.14. The van der Waals surface area contributed by atoms with Crippen molar-refractivity contribution in [2.45, 2.75) is 51.1 Å². The van der Waals surface area contributed by atoms with Crippen LogP contribution in [0.4, 0.5) is 0 Å². The van der Waals surface area contributed by atoms with E-state index in [1.807, 2.05) is 18.2 Å². The molecule has 7 heteroatoms. The molecule has 0 atom stereocenters. The molecule has 1 aromatic carbocycles. The number of nitrogens with zero attached hydrogens (tertiary/aromatic N) is 1. The molecule has 27 heavy (non-hydrogen) atoms. The molecule has 0 radical (unpaired) electrons. The quantitative estimate of drug-likeness (QED) is 0.206. The van der Waals surface area contributed by atoms with E-state index in [4.69, 9.17) is 4.74 Å². The third kappa shape index (κ3) is 8.36. The van der Waals surface area contributed by atoms with Crippen LogP contribution >= 0.6 is 24.0 Å². The maximum Gasteiger partial charge on any atom is 0.220 e. The molecule has 0 saturated heterocycles. The van der Waals surface area contributed by atoms with Gasteiger partial charge in [0.2, 0.25) is 5.91 Å². The Balaban J connectivity index is 0.00000261. The number of halogens is 1. The van der Waals surface area contributed by atoms with Crippen LogP contribution in [0.2, 0.25) is 0 Å². The van der Waals surface area contributed by atoms with Gasteiger partial charge in [0.25, 0.3) is 0 Å². The minimum atomic E-state index is 0. The first kappa shape index (κ1) is 21.8. The van der Waals surface area contributed by atoms with Crippen molar-refractivity contribution in [1.29, 1.82) is 0 Å². The first-order chi connectivity index (χ1) is 12.7. The Hall–Kier alpha value is -1.51. The van der Waals surface area contributed by atoms with Gasteiger partial charge in [-0.1, -0.05) is 18.2 Å². The molecule has 2 fully saturated rings. The van der Waals surface area contributed by atoms with Gasteiger partial charge < -0.3 is 20.7 Å². The number of nitrogens with one attached hydrogen (secondary N) is 3. The Labute approximate surface area is 178 Å². The molecule has 2 aliphatic rings. The highest BCUT2D eigenvalue weighted by molar-refractivity contribution is 14.0. The largest absolute Gasteiger partial charge is 0.493 e. The predicted molar refractivity (Wildman–Crippen MR) is 119 cm³/mol. The molecule has 0 heterocycles. The summed E-state index contributed by atoms with van der Waals surface area (Å²) in [5, 5.41) is 9.59. The molecule has 1 amide bonds. The number of para-hydroxylation sites is 1. The molecule has 6 nitrogen and oxygen atoms in total. The highest BCUT2D eigenvalue weighted by Crippen LogP contribution is 2.30. The monoisotopic (exact) mass is 486 g/mol. The van der Waals surface area contributed by atoms with Crippen LogP contribution in [0.5, 0.6) is 5.75 Å². The van der Waals surface area contributed by atoms with Crippen LogP contribution in [-0.4, -0.2) is 38.1 Å². The second-order valence-corrected chi connectivity index (χ2v) is 7.16. The van der Waals surface area contributed by atoms with Crippen LogP contribution in [0, 0.1) is 5.92 Å². The Morgan fingerprint density at radius 3 is 2.67 bits per heavy atom. The summed E-state index contributed by atoms with van der Waals surface area (Å²) >= 11 is 0. The molecule has 3 N–H and O–H groups in total. The van der Waals surface area contributed by atoms with Crippen molar-refractivity contribution in [3.8, 4) is 5.75 Å². The van der Waals surface area contributed by atoms with Crippen LogP contribution in [0.3, 0.4) is 0 Å². The van der Waals surface area contributed by atoms with E-state index in [0.717, 1.165) is 55.6 Å². The molecule has 0 spiro atoms. The fourth-order valence-corrected chi connectivity index (χ4v) is 2.67. The van der Waals surface area contributed by atoms with E-state index in [1.54, 1.807) is 7.05 Å². The summed E-state index contributed by atoms with van der Waals surface area (Å²) in [7, 11) is 1.75. The number of carbonyl (C=O) groups excluding carboxylic acids is 1. The van der Waals surface area contributed by atoms with E-state index < -0.39 is 0 Å². The standard InChI is InChI=1S/C20H30N4O2.HI/c1-21-20(22-12-4-7-19(25)24-17-10-11-17)23-13-16-5-2-3-6-18(16)26-14-15-8-9-15;/h2-3,5-6,15,17H,4,7-14H2,1H3,(H,24,25)(H2,21,22,23);1H. The zero-order chi connectivity index (χ0) is 18.2. The van der Waals surface area contributed by atoms with E-state index in [2.05, 4.69) is 27.0 Å². The van der Waals surface area contributed by atoms with Crippen molar-refractivity contribution >= 4 is 35.8 Å². The normalized spacial score (nSPS) is 16.3. The molecule has 2 aliphatic carbocycles. The molecule has 2 saturated carbocycles. The summed E-state index contributed by atoms with van der Waals surface area (Å²) < 4.78 is 5.94. The number of amides is 1. The van der Waals surface area contributed by atoms with E-state index in [0.29, 0.717) is 19.0 Å². The van der Waals surface area contributed by atoms with Crippen molar-refractivity contribution in [1.82, 2.24) is 16.0 Å². The highest BCUT2D eigenvalue weighted by Gasteiger charge is 2.23. The zero-order valence-corrected chi connectivity index (χ0v) is 18.3. The Morgan fingerprint density at radius 1 is 1.19 bits per heavy atom. The summed E-state index contributed by atoms with van der Waals surface area (Å²) in [5.74, 6) is 2.57. The minimum absolute atomic E-state index is 0. The molecule has 0 bridgehead atoms. The number of guanidine groups is 1. The van der Waals surface area contributed by atoms with Gasteiger partial charge in [-0.25, -0.2) is 0 Å². The van der Waals surface area contributed by atoms with Crippen LogP contribution in [0.1, 0.15) is 44.1 Å². The van der Waals surface area contributed by atoms with E-state index in [9.17, 15) is 4.79 Å². The zero-order valence-electron chi connectivity index (χ0n) is 16.0.